The van der Waals surface area contributed by atoms with Crippen molar-refractivity contribution in [2.45, 2.75) is 70.5 Å². The Morgan fingerprint density at radius 2 is 1.61 bits per heavy atom. The summed E-state index contributed by atoms with van der Waals surface area (Å²) in [4.78, 5) is 67.6. The third-order valence-electron chi connectivity index (χ3n) is 15.2. The highest BCUT2D eigenvalue weighted by Crippen LogP contribution is 2.40. The van der Waals surface area contributed by atoms with Crippen LogP contribution in [0.3, 0.4) is 0 Å². The van der Waals surface area contributed by atoms with Crippen LogP contribution in [0.2, 0.25) is 0 Å². The number of nitrogens with zero attached hydrogens (tertiary/aromatic N) is 10. The van der Waals surface area contributed by atoms with Gasteiger partial charge < -0.3 is 35.0 Å². The number of ether oxygens (including phenoxy) is 1. The maximum absolute atomic E-state index is 13.2. The second-order valence-electron chi connectivity index (χ2n) is 19.5. The molecule has 3 N–H and O–H groups in total. The molecule has 21 heteroatoms. The molecule has 1 unspecified atom stereocenters. The van der Waals surface area contributed by atoms with Gasteiger partial charge in [0.15, 0.2) is 0 Å². The van der Waals surface area contributed by atoms with Gasteiger partial charge in [-0.05, 0) is 108 Å². The second-order valence-corrected chi connectivity index (χ2v) is 22.4. The molecule has 1 atom stereocenters. The zero-order chi connectivity index (χ0) is 50.3. The van der Waals surface area contributed by atoms with Crippen LogP contribution in [0, 0.1) is 5.92 Å². The van der Waals surface area contributed by atoms with Crippen molar-refractivity contribution in [2.24, 2.45) is 5.92 Å². The van der Waals surface area contributed by atoms with E-state index >= 15 is 0 Å². The molecule has 5 aliphatic heterocycles. The number of aryl methyl sites for hydroxylation is 1. The Labute approximate surface area is 428 Å². The van der Waals surface area contributed by atoms with Crippen LogP contribution >= 0.6 is 15.9 Å². The monoisotopic (exact) mass is 1060 g/mol. The summed E-state index contributed by atoms with van der Waals surface area (Å²) in [7, 11) is -0.487. The number of methoxy groups -OCH3 is 1. The van der Waals surface area contributed by atoms with E-state index in [1.165, 1.54) is 28.8 Å². The predicted octanol–water partition coefficient (Wildman–Crippen LogP) is 5.90. The van der Waals surface area contributed by atoms with Crippen molar-refractivity contribution in [1.29, 1.82) is 0 Å². The Morgan fingerprint density at radius 3 is 2.33 bits per heavy atom. The number of nitrogens with one attached hydrogen (secondary N) is 3. The SMILES string of the molecule is CCc1cc(Nc2ncc(Br)c(Nc3ccc4nccnc4c3N(C)S(C)(=O)=O)n2)c(OC)cc1N1CCC(N2CCN(CC3CCN(c4ccc5c(c4)CN(C4CCC(=O)NC4=O)C5=O)CC3)CC2)CC1. The second kappa shape index (κ2) is 20.8. The molecule has 0 saturated carbocycles. The van der Waals surface area contributed by atoms with Crippen LogP contribution < -0.4 is 34.8 Å². The van der Waals surface area contributed by atoms with Gasteiger partial charge in [0.2, 0.25) is 27.8 Å². The van der Waals surface area contributed by atoms with Gasteiger partial charge in [0, 0.05) is 127 Å². The van der Waals surface area contributed by atoms with Crippen LogP contribution in [-0.2, 0) is 32.6 Å². The number of rotatable bonds is 14. The average molecular weight is 1070 g/mol. The molecule has 0 spiro atoms. The highest BCUT2D eigenvalue weighted by Gasteiger charge is 2.39. The van der Waals surface area contributed by atoms with Crippen molar-refractivity contribution in [1.82, 2.24) is 40.0 Å². The van der Waals surface area contributed by atoms with Crippen LogP contribution in [-0.4, -0.2) is 152 Å². The molecule has 0 aliphatic carbocycles. The number of imide groups is 1. The predicted molar refractivity (Wildman–Crippen MR) is 282 cm³/mol. The molecule has 7 heterocycles. The molecule has 4 saturated heterocycles. The number of halogens is 1. The van der Waals surface area contributed by atoms with Gasteiger partial charge in [-0.2, -0.15) is 4.98 Å². The van der Waals surface area contributed by atoms with Gasteiger partial charge in [0.05, 0.1) is 34.7 Å². The maximum Gasteiger partial charge on any atom is 0.255 e. The first-order valence-electron chi connectivity index (χ1n) is 24.9. The van der Waals surface area contributed by atoms with E-state index < -0.39 is 16.1 Å². The van der Waals surface area contributed by atoms with Crippen molar-refractivity contribution >= 4 is 94.9 Å². The van der Waals surface area contributed by atoms with Crippen molar-refractivity contribution in [2.75, 3.05) is 104 Å². The Bertz CT molecular complexity index is 2990. The van der Waals surface area contributed by atoms with Gasteiger partial charge in [-0.25, -0.2) is 13.4 Å². The molecule has 0 bridgehead atoms. The molecular formula is C51H62BrN13O6S. The van der Waals surface area contributed by atoms with Crippen LogP contribution in [0.25, 0.3) is 11.0 Å². The molecule has 2 aromatic heterocycles. The number of aromatic nitrogens is 4. The van der Waals surface area contributed by atoms with E-state index in [1.807, 2.05) is 12.1 Å². The van der Waals surface area contributed by atoms with E-state index in [9.17, 15) is 22.8 Å². The zero-order valence-corrected chi connectivity index (χ0v) is 43.6. The summed E-state index contributed by atoms with van der Waals surface area (Å²) < 4.78 is 33.2. The van der Waals surface area contributed by atoms with E-state index in [1.54, 1.807) is 36.5 Å². The summed E-state index contributed by atoms with van der Waals surface area (Å²) in [6.45, 7) is 12.0. The maximum atomic E-state index is 13.2. The molecule has 5 aromatic rings. The molecule has 5 aliphatic rings. The lowest BCUT2D eigenvalue weighted by molar-refractivity contribution is -0.136. The van der Waals surface area contributed by atoms with E-state index in [-0.39, 0.29) is 24.1 Å². The number of benzene rings is 3. The molecular weight excluding hydrogens is 1000 g/mol. The minimum atomic E-state index is -3.64. The topological polar surface area (TPSA) is 202 Å². The Morgan fingerprint density at radius 1 is 0.861 bits per heavy atom. The molecule has 3 aromatic carbocycles. The van der Waals surface area contributed by atoms with Crippen molar-refractivity contribution < 1.29 is 27.5 Å². The first-order chi connectivity index (χ1) is 34.7. The minimum absolute atomic E-state index is 0.130. The van der Waals surface area contributed by atoms with Crippen molar-refractivity contribution in [3.05, 3.63) is 82.2 Å². The highest BCUT2D eigenvalue weighted by atomic mass is 79.9. The molecule has 3 amide bonds. The summed E-state index contributed by atoms with van der Waals surface area (Å²) in [5.74, 6) is 1.30. The van der Waals surface area contributed by atoms with Gasteiger partial charge in [-0.15, -0.1) is 0 Å². The summed E-state index contributed by atoms with van der Waals surface area (Å²) in [6.07, 6.45) is 11.8. The number of fused-ring (bicyclic) bond motifs is 2. The van der Waals surface area contributed by atoms with Gasteiger partial charge in [0.25, 0.3) is 5.91 Å². The fraction of sp³-hybridized carbons (Fsp3) is 0.471. The van der Waals surface area contributed by atoms with Crippen LogP contribution in [0.15, 0.2) is 65.5 Å². The summed E-state index contributed by atoms with van der Waals surface area (Å²) in [5.41, 5.74) is 7.67. The number of piperidine rings is 3. The molecule has 10 rings (SSSR count). The van der Waals surface area contributed by atoms with E-state index in [0.29, 0.717) is 74.9 Å². The molecule has 72 heavy (non-hydrogen) atoms. The van der Waals surface area contributed by atoms with Gasteiger partial charge in [-0.1, -0.05) is 6.92 Å². The van der Waals surface area contributed by atoms with Crippen LogP contribution in [0.5, 0.6) is 5.75 Å². The lowest BCUT2D eigenvalue weighted by Crippen LogP contribution is -2.54. The fourth-order valence-electron chi connectivity index (χ4n) is 11.1. The third kappa shape index (κ3) is 10.2. The third-order valence-corrected chi connectivity index (χ3v) is 16.9. The molecule has 380 valence electrons. The molecule has 19 nitrogen and oxygen atoms in total. The highest BCUT2D eigenvalue weighted by molar-refractivity contribution is 9.10. The van der Waals surface area contributed by atoms with Crippen molar-refractivity contribution in [3.63, 3.8) is 0 Å². The number of sulfonamides is 1. The van der Waals surface area contributed by atoms with Gasteiger partial charge in [0.1, 0.15) is 28.8 Å². The van der Waals surface area contributed by atoms with E-state index in [4.69, 9.17) is 9.72 Å². The smallest absolute Gasteiger partial charge is 0.255 e. The average Bonchev–Trinajstić information content (AvgIpc) is 3.71. The molecule has 0 radical (unpaired) electrons. The summed E-state index contributed by atoms with van der Waals surface area (Å²) in [5, 5.41) is 9.08. The summed E-state index contributed by atoms with van der Waals surface area (Å²) in [6, 6.07) is 13.8. The fourth-order valence-corrected chi connectivity index (χ4v) is 11.9. The number of piperazine rings is 1. The summed E-state index contributed by atoms with van der Waals surface area (Å²) >= 11 is 3.57. The number of amides is 3. The largest absolute Gasteiger partial charge is 0.494 e. The number of anilines is 7. The number of carbonyl (C=O) groups excluding carboxylic acids is 3. The van der Waals surface area contributed by atoms with Crippen molar-refractivity contribution in [3.8, 4) is 5.75 Å². The normalized spacial score (nSPS) is 19.7. The first-order valence-corrected chi connectivity index (χ1v) is 27.6. The lowest BCUT2D eigenvalue weighted by Gasteiger charge is -2.44. The van der Waals surface area contributed by atoms with Crippen LogP contribution in [0.1, 0.15) is 66.9 Å². The number of carbonyl (C=O) groups is 3. The zero-order valence-electron chi connectivity index (χ0n) is 41.2. The number of hydrogen-bond acceptors (Lipinski definition) is 16. The van der Waals surface area contributed by atoms with E-state index in [2.05, 4.69) is 91.6 Å². The lowest BCUT2D eigenvalue weighted by atomic mass is 9.95. The Balaban J connectivity index is 0.709. The standard InChI is InChI=1S/C51H62BrN13O6S/c1-5-33-27-41(57-51-55-29-38(52)48(59-51)56-40-9-8-39-46(54-17-16-53-39)47(40)60(2)72(4,69)70)44(71-3)28-43(33)64-20-14-35(15-21-64)63-24-22-61(23-25-63)30-32-12-18-62(19-13-32)36-6-7-37-34(26-36)31-65(50(37)68)42-10-11-45(66)58-49(42)67/h6-9,16-17,26-29,32,35,42H,5,10-15,18-25,30-31H2,1-4H3,(H,58,66,67)(H2,55,56,57,59). The Hall–Kier alpha value is -6.16. The molecule has 4 fully saturated rings. The van der Waals surface area contributed by atoms with Gasteiger partial charge in [-0.3, -0.25) is 38.9 Å². The quantitative estimate of drug-likeness (QED) is 0.111. The number of hydrogen-bond donors (Lipinski definition) is 3. The van der Waals surface area contributed by atoms with Gasteiger partial charge >= 0.3 is 0 Å². The Kier molecular flexibility index (Phi) is 14.2. The van der Waals surface area contributed by atoms with E-state index in [0.717, 1.165) is 114 Å². The van der Waals surface area contributed by atoms with Crippen LogP contribution in [0.4, 0.5) is 40.2 Å². The minimum Gasteiger partial charge on any atom is -0.494 e. The first kappa shape index (κ1) is 49.4.